The van der Waals surface area contributed by atoms with E-state index < -0.39 is 5.82 Å². The fourth-order valence-electron chi connectivity index (χ4n) is 5.23. The minimum atomic E-state index is -0.499. The van der Waals surface area contributed by atoms with E-state index in [2.05, 4.69) is 39.1 Å². The molecule has 0 aromatic carbocycles. The fraction of sp³-hybridized carbons (Fsp3) is 0.476. The molecular formula is C21H23ClFN5O. The number of aromatic amines is 1. The molecule has 0 amide bonds. The Labute approximate surface area is 172 Å². The van der Waals surface area contributed by atoms with Crippen LogP contribution in [0.4, 0.5) is 10.2 Å². The van der Waals surface area contributed by atoms with Crippen LogP contribution in [0.15, 0.2) is 24.7 Å². The number of halogens is 2. The smallest absolute Gasteiger partial charge is 0.183 e. The number of rotatable bonds is 4. The Bertz CT molecular complexity index is 1080. The van der Waals surface area contributed by atoms with Gasteiger partial charge < -0.3 is 15.4 Å². The number of pyridine rings is 1. The lowest BCUT2D eigenvalue weighted by Crippen LogP contribution is -2.61. The quantitative estimate of drug-likeness (QED) is 0.592. The van der Waals surface area contributed by atoms with E-state index in [9.17, 15) is 9.50 Å². The van der Waals surface area contributed by atoms with Gasteiger partial charge in [0.25, 0.3) is 0 Å². The van der Waals surface area contributed by atoms with Gasteiger partial charge in [0.1, 0.15) is 5.65 Å². The van der Waals surface area contributed by atoms with Gasteiger partial charge in [0.05, 0.1) is 11.2 Å². The molecule has 3 aromatic rings. The third-order valence-corrected chi connectivity index (χ3v) is 7.30. The van der Waals surface area contributed by atoms with Gasteiger partial charge in [-0.25, -0.2) is 19.3 Å². The van der Waals surface area contributed by atoms with E-state index in [4.69, 9.17) is 11.6 Å². The summed E-state index contributed by atoms with van der Waals surface area (Å²) in [5.41, 5.74) is 1.57. The van der Waals surface area contributed by atoms with Gasteiger partial charge in [-0.3, -0.25) is 0 Å². The van der Waals surface area contributed by atoms with Crippen molar-refractivity contribution >= 4 is 28.5 Å². The van der Waals surface area contributed by atoms with Crippen LogP contribution in [-0.4, -0.2) is 37.7 Å². The highest BCUT2D eigenvalue weighted by Gasteiger charge is 2.57. The second-order valence-corrected chi connectivity index (χ2v) is 9.29. The van der Waals surface area contributed by atoms with Crippen LogP contribution >= 0.6 is 11.6 Å². The zero-order valence-electron chi connectivity index (χ0n) is 16.3. The molecule has 3 aliphatic rings. The Balaban J connectivity index is 1.50. The van der Waals surface area contributed by atoms with Crippen LogP contribution in [0.3, 0.4) is 0 Å². The van der Waals surface area contributed by atoms with Gasteiger partial charge in [-0.15, -0.1) is 0 Å². The van der Waals surface area contributed by atoms with Crippen molar-refractivity contribution < 1.29 is 9.50 Å². The number of nitrogens with one attached hydrogen (secondary N) is 2. The summed E-state index contributed by atoms with van der Waals surface area (Å²) in [6.45, 7) is 4.62. The number of hydrogen-bond acceptors (Lipinski definition) is 5. The van der Waals surface area contributed by atoms with E-state index in [1.165, 1.54) is 6.20 Å². The average molecular weight is 416 g/mol. The molecule has 3 fully saturated rings. The van der Waals surface area contributed by atoms with Crippen molar-refractivity contribution in [2.45, 2.75) is 32.7 Å². The Morgan fingerprint density at radius 2 is 2.14 bits per heavy atom. The van der Waals surface area contributed by atoms with Crippen molar-refractivity contribution in [3.8, 4) is 11.4 Å². The topological polar surface area (TPSA) is 86.7 Å². The number of H-pyrrole nitrogens is 1. The summed E-state index contributed by atoms with van der Waals surface area (Å²) < 4.78 is 14.6. The molecule has 4 atom stereocenters. The first-order valence-corrected chi connectivity index (χ1v) is 10.3. The zero-order valence-corrected chi connectivity index (χ0v) is 17.0. The molecule has 3 aliphatic carbocycles. The maximum absolute atomic E-state index is 14.6. The molecule has 0 saturated heterocycles. The molecule has 6 nitrogen and oxygen atoms in total. The van der Waals surface area contributed by atoms with Gasteiger partial charge in [-0.2, -0.15) is 0 Å². The normalized spacial score (nSPS) is 27.6. The monoisotopic (exact) mass is 415 g/mol. The van der Waals surface area contributed by atoms with Crippen LogP contribution in [0, 0.1) is 29.0 Å². The summed E-state index contributed by atoms with van der Waals surface area (Å²) in [6.07, 6.45) is 6.56. The summed E-state index contributed by atoms with van der Waals surface area (Å²) in [4.78, 5) is 16.0. The highest BCUT2D eigenvalue weighted by atomic mass is 35.5. The third-order valence-electron chi connectivity index (χ3n) is 7.10. The molecule has 29 heavy (non-hydrogen) atoms. The predicted molar refractivity (Wildman–Crippen MR) is 110 cm³/mol. The Morgan fingerprint density at radius 1 is 1.31 bits per heavy atom. The van der Waals surface area contributed by atoms with Crippen molar-refractivity contribution in [1.29, 1.82) is 0 Å². The van der Waals surface area contributed by atoms with Crippen molar-refractivity contribution in [2.75, 3.05) is 11.9 Å². The standard InChI is InChI=1S/C21H23ClFN5O/c1-21(2)11-3-10(9-29)17(15(21)4-11)27-20-16(23)8-26-19(28-20)14-7-25-18-13(14)5-12(22)6-24-18/h5-8,10-11,15,17,29H,3-4,9H2,1-2H3,(H,24,25)(H,26,27,28)/t10-,11-,15+,17+/m1/s1. The maximum Gasteiger partial charge on any atom is 0.183 e. The molecule has 3 N–H and O–H groups in total. The molecule has 0 spiro atoms. The summed E-state index contributed by atoms with van der Waals surface area (Å²) in [5.74, 6) is 1.17. The Kier molecular flexibility index (Phi) is 4.29. The third kappa shape index (κ3) is 2.90. The van der Waals surface area contributed by atoms with Gasteiger partial charge in [-0.1, -0.05) is 25.4 Å². The SMILES string of the molecule is CC1(C)[C@@H]2C[C@H](CO)[C@H](Nc3nc(-c4c[nH]c5ncc(Cl)cc45)ncc3F)[C@@H]1C2. The average Bonchev–Trinajstić information content (AvgIpc) is 3.12. The first kappa shape index (κ1) is 18.8. The largest absolute Gasteiger partial charge is 0.396 e. The first-order chi connectivity index (χ1) is 13.9. The van der Waals surface area contributed by atoms with E-state index in [1.807, 2.05) is 0 Å². The maximum atomic E-state index is 14.6. The highest BCUT2D eigenvalue weighted by Crippen LogP contribution is 2.61. The van der Waals surface area contributed by atoms with Gasteiger partial charge in [0, 0.05) is 41.9 Å². The zero-order chi connectivity index (χ0) is 20.3. The van der Waals surface area contributed by atoms with Gasteiger partial charge in [-0.05, 0) is 36.2 Å². The second kappa shape index (κ2) is 6.64. The van der Waals surface area contributed by atoms with Crippen LogP contribution in [0.2, 0.25) is 5.02 Å². The summed E-state index contributed by atoms with van der Waals surface area (Å²) in [5, 5.41) is 14.5. The van der Waals surface area contributed by atoms with Crippen molar-refractivity contribution in [2.24, 2.45) is 23.2 Å². The van der Waals surface area contributed by atoms with E-state index >= 15 is 0 Å². The van der Waals surface area contributed by atoms with E-state index in [0.29, 0.717) is 33.9 Å². The minimum Gasteiger partial charge on any atom is -0.396 e. The summed E-state index contributed by atoms with van der Waals surface area (Å²) in [6, 6.07) is 1.77. The van der Waals surface area contributed by atoms with Crippen LogP contribution in [0.25, 0.3) is 22.4 Å². The lowest BCUT2D eigenvalue weighted by atomic mass is 9.45. The van der Waals surface area contributed by atoms with E-state index in [0.717, 1.165) is 18.2 Å². The number of anilines is 1. The van der Waals surface area contributed by atoms with Crippen molar-refractivity contribution in [3.05, 3.63) is 35.5 Å². The van der Waals surface area contributed by atoms with E-state index in [-0.39, 0.29) is 29.8 Å². The fourth-order valence-corrected chi connectivity index (χ4v) is 5.39. The molecule has 152 valence electrons. The van der Waals surface area contributed by atoms with Crippen molar-refractivity contribution in [3.63, 3.8) is 0 Å². The molecule has 3 heterocycles. The molecule has 0 aliphatic heterocycles. The molecule has 0 radical (unpaired) electrons. The lowest BCUT2D eigenvalue weighted by molar-refractivity contribution is -0.107. The number of nitrogens with zero attached hydrogens (tertiary/aromatic N) is 3. The van der Waals surface area contributed by atoms with Crippen LogP contribution in [0.1, 0.15) is 26.7 Å². The van der Waals surface area contributed by atoms with Gasteiger partial charge in [0.2, 0.25) is 0 Å². The minimum absolute atomic E-state index is 0.0173. The number of hydrogen-bond donors (Lipinski definition) is 3. The lowest BCUT2D eigenvalue weighted by Gasteiger charge is -2.62. The highest BCUT2D eigenvalue weighted by molar-refractivity contribution is 6.31. The van der Waals surface area contributed by atoms with Crippen molar-refractivity contribution in [1.82, 2.24) is 19.9 Å². The predicted octanol–water partition coefficient (Wildman–Crippen LogP) is 4.27. The van der Waals surface area contributed by atoms with Gasteiger partial charge in [0.15, 0.2) is 17.5 Å². The Hall–Kier alpha value is -2.25. The molecule has 0 unspecified atom stereocenters. The Morgan fingerprint density at radius 3 is 2.90 bits per heavy atom. The molecule has 8 heteroatoms. The molecule has 3 aromatic heterocycles. The number of aromatic nitrogens is 4. The van der Waals surface area contributed by atoms with Gasteiger partial charge >= 0.3 is 0 Å². The van der Waals surface area contributed by atoms with E-state index in [1.54, 1.807) is 18.5 Å². The number of aliphatic hydroxyl groups is 1. The molecule has 3 saturated carbocycles. The second-order valence-electron chi connectivity index (χ2n) is 8.85. The summed E-state index contributed by atoms with van der Waals surface area (Å²) in [7, 11) is 0. The number of fused-ring (bicyclic) bond motifs is 3. The summed E-state index contributed by atoms with van der Waals surface area (Å²) >= 11 is 6.09. The number of aliphatic hydroxyl groups excluding tert-OH is 1. The molecular weight excluding hydrogens is 393 g/mol. The van der Waals surface area contributed by atoms with Crippen LogP contribution < -0.4 is 5.32 Å². The van der Waals surface area contributed by atoms with Crippen LogP contribution in [0.5, 0.6) is 0 Å². The molecule has 6 rings (SSSR count). The van der Waals surface area contributed by atoms with Crippen LogP contribution in [-0.2, 0) is 0 Å². The molecule has 2 bridgehead atoms. The first-order valence-electron chi connectivity index (χ1n) is 9.91.